The second-order valence-electron chi connectivity index (χ2n) is 6.87. The van der Waals surface area contributed by atoms with Gasteiger partial charge in [-0.15, -0.1) is 0 Å². The lowest BCUT2D eigenvalue weighted by atomic mass is 10.0. The summed E-state index contributed by atoms with van der Waals surface area (Å²) in [5.41, 5.74) is 6.94. The molecular weight excluding hydrogens is 560 g/mol. The van der Waals surface area contributed by atoms with Crippen LogP contribution in [0.15, 0.2) is 80.1 Å². The average molecular weight is 574 g/mol. The molecule has 0 aliphatic heterocycles. The monoisotopic (exact) mass is 572 g/mol. The van der Waals surface area contributed by atoms with E-state index >= 15 is 0 Å². The van der Waals surface area contributed by atoms with E-state index in [2.05, 4.69) is 31.9 Å². The number of esters is 1. The number of non-ortho nitro benzene ring substituents is 1. The molecule has 4 rings (SSSR count). The van der Waals surface area contributed by atoms with Gasteiger partial charge in [0.05, 0.1) is 16.1 Å². The zero-order valence-corrected chi connectivity index (χ0v) is 19.8. The van der Waals surface area contributed by atoms with E-state index < -0.39 is 10.9 Å². The minimum absolute atomic E-state index is 0.0149. The summed E-state index contributed by atoms with van der Waals surface area (Å²) in [7, 11) is 0. The van der Waals surface area contributed by atoms with E-state index in [-0.39, 0.29) is 39.8 Å². The average Bonchev–Trinajstić information content (AvgIpc) is 3.10. The van der Waals surface area contributed by atoms with Gasteiger partial charge in [-0.25, -0.2) is 4.79 Å². The smallest absolute Gasteiger partial charge is 0.343 e. The van der Waals surface area contributed by atoms with Crippen LogP contribution in [-0.4, -0.2) is 16.0 Å². The Balaban J connectivity index is 1.67. The summed E-state index contributed by atoms with van der Waals surface area (Å²) in [6.07, 6.45) is 0. The molecular formula is C23H14Br2N2O6. The summed E-state index contributed by atoms with van der Waals surface area (Å²) >= 11 is 6.71. The molecule has 4 aromatic rings. The van der Waals surface area contributed by atoms with Crippen molar-refractivity contribution < 1.29 is 24.0 Å². The van der Waals surface area contributed by atoms with Crippen molar-refractivity contribution in [3.63, 3.8) is 0 Å². The molecule has 33 heavy (non-hydrogen) atoms. The number of nitrogen functional groups attached to an aromatic ring is 1. The molecule has 0 bridgehead atoms. The number of benzene rings is 3. The van der Waals surface area contributed by atoms with Gasteiger partial charge in [0.25, 0.3) is 5.69 Å². The van der Waals surface area contributed by atoms with Crippen LogP contribution >= 0.6 is 31.9 Å². The Hall–Kier alpha value is -3.63. The van der Waals surface area contributed by atoms with Gasteiger partial charge in [-0.1, -0.05) is 24.3 Å². The second kappa shape index (κ2) is 9.08. The predicted octanol–water partition coefficient (Wildman–Crippen LogP) is 6.55. The van der Waals surface area contributed by atoms with Gasteiger partial charge in [-0.05, 0) is 67.8 Å². The van der Waals surface area contributed by atoms with Crippen molar-refractivity contribution in [1.82, 2.24) is 0 Å². The van der Waals surface area contributed by atoms with Crippen LogP contribution in [0.1, 0.15) is 10.4 Å². The Bertz CT molecular complexity index is 1400. The van der Waals surface area contributed by atoms with Gasteiger partial charge in [-0.2, -0.15) is 0 Å². The molecule has 3 aromatic carbocycles. The van der Waals surface area contributed by atoms with Crippen LogP contribution in [0.3, 0.4) is 0 Å². The predicted molar refractivity (Wildman–Crippen MR) is 129 cm³/mol. The standard InChI is InChI=1S/C23H14Br2N2O6/c24-17-8-7-16(11-18(17)25)32-23(29)14-5-1-3-12(9-14)19-20(28)21(33-22(19)26)13-4-2-6-15(10-13)27(30)31/h1-11,28H,26H2. The maximum atomic E-state index is 12.7. The van der Waals surface area contributed by atoms with Crippen LogP contribution in [-0.2, 0) is 0 Å². The second-order valence-corrected chi connectivity index (χ2v) is 8.58. The summed E-state index contributed by atoms with van der Waals surface area (Å²) in [4.78, 5) is 23.2. The Morgan fingerprint density at radius 2 is 1.73 bits per heavy atom. The minimum Gasteiger partial charge on any atom is -0.504 e. The zero-order valence-electron chi connectivity index (χ0n) is 16.6. The van der Waals surface area contributed by atoms with Crippen LogP contribution in [0, 0.1) is 10.1 Å². The molecule has 3 N–H and O–H groups in total. The molecule has 0 amide bonds. The first kappa shape index (κ1) is 22.6. The molecule has 166 valence electrons. The fourth-order valence-electron chi connectivity index (χ4n) is 3.18. The number of aromatic hydroxyl groups is 1. The highest BCUT2D eigenvalue weighted by Crippen LogP contribution is 2.45. The number of rotatable bonds is 5. The van der Waals surface area contributed by atoms with Crippen LogP contribution in [0.5, 0.6) is 11.5 Å². The van der Waals surface area contributed by atoms with Gasteiger partial charge in [0.2, 0.25) is 5.88 Å². The fraction of sp³-hybridized carbons (Fsp3) is 0. The number of anilines is 1. The lowest BCUT2D eigenvalue weighted by molar-refractivity contribution is -0.384. The Kier molecular flexibility index (Phi) is 6.21. The summed E-state index contributed by atoms with van der Waals surface area (Å²) in [6, 6.07) is 17.0. The lowest BCUT2D eigenvalue weighted by Gasteiger charge is -2.07. The highest BCUT2D eigenvalue weighted by Gasteiger charge is 2.23. The molecule has 0 radical (unpaired) electrons. The van der Waals surface area contributed by atoms with Crippen molar-refractivity contribution in [1.29, 1.82) is 0 Å². The van der Waals surface area contributed by atoms with Crippen molar-refractivity contribution in [2.45, 2.75) is 0 Å². The quantitative estimate of drug-likeness (QED) is 0.120. The van der Waals surface area contributed by atoms with Crippen LogP contribution in [0.25, 0.3) is 22.5 Å². The minimum atomic E-state index is -0.605. The zero-order chi connectivity index (χ0) is 23.7. The molecule has 0 aliphatic rings. The summed E-state index contributed by atoms with van der Waals surface area (Å²) in [6.45, 7) is 0. The van der Waals surface area contributed by atoms with Crippen LogP contribution in [0.4, 0.5) is 11.6 Å². The van der Waals surface area contributed by atoms with Gasteiger partial charge in [0.1, 0.15) is 5.75 Å². The van der Waals surface area contributed by atoms with E-state index in [0.29, 0.717) is 11.3 Å². The number of halogens is 2. The highest BCUT2D eigenvalue weighted by atomic mass is 79.9. The summed E-state index contributed by atoms with van der Waals surface area (Å²) < 4.78 is 12.5. The van der Waals surface area contributed by atoms with E-state index in [1.165, 1.54) is 24.3 Å². The number of carbonyl (C=O) groups is 1. The summed E-state index contributed by atoms with van der Waals surface area (Å²) in [5, 5.41) is 21.9. The third-order valence-corrected chi connectivity index (χ3v) is 6.60. The van der Waals surface area contributed by atoms with E-state index in [0.717, 1.165) is 8.95 Å². The van der Waals surface area contributed by atoms with Crippen LogP contribution < -0.4 is 10.5 Å². The Morgan fingerprint density at radius 3 is 2.45 bits per heavy atom. The number of nitro groups is 1. The van der Waals surface area contributed by atoms with Crippen molar-refractivity contribution in [2.75, 3.05) is 5.73 Å². The number of carbonyl (C=O) groups excluding carboxylic acids is 1. The lowest BCUT2D eigenvalue weighted by Crippen LogP contribution is -2.08. The molecule has 0 atom stereocenters. The fourth-order valence-corrected chi connectivity index (χ4v) is 3.79. The topological polar surface area (TPSA) is 129 Å². The molecule has 0 spiro atoms. The number of nitro benzene ring substituents is 1. The highest BCUT2D eigenvalue weighted by molar-refractivity contribution is 9.13. The van der Waals surface area contributed by atoms with Gasteiger partial charge in [0, 0.05) is 26.6 Å². The number of hydrogen-bond donors (Lipinski definition) is 2. The van der Waals surface area contributed by atoms with Gasteiger partial charge in [-0.3, -0.25) is 10.1 Å². The molecule has 10 heteroatoms. The van der Waals surface area contributed by atoms with E-state index in [4.69, 9.17) is 14.9 Å². The van der Waals surface area contributed by atoms with Gasteiger partial charge >= 0.3 is 5.97 Å². The molecule has 0 saturated heterocycles. The van der Waals surface area contributed by atoms with Crippen molar-refractivity contribution in [3.05, 3.63) is 91.4 Å². The SMILES string of the molecule is Nc1oc(-c2cccc([N+](=O)[O-])c2)c(O)c1-c1cccc(C(=O)Oc2ccc(Br)c(Br)c2)c1. The molecule has 0 fully saturated rings. The summed E-state index contributed by atoms with van der Waals surface area (Å²) in [5.74, 6) is -0.670. The first-order valence-electron chi connectivity index (χ1n) is 9.38. The van der Waals surface area contributed by atoms with E-state index in [1.54, 1.807) is 42.5 Å². The van der Waals surface area contributed by atoms with E-state index in [9.17, 15) is 20.0 Å². The molecule has 0 saturated carbocycles. The van der Waals surface area contributed by atoms with Crippen molar-refractivity contribution in [3.8, 4) is 33.9 Å². The van der Waals surface area contributed by atoms with Crippen molar-refractivity contribution in [2.24, 2.45) is 0 Å². The third kappa shape index (κ3) is 4.62. The normalized spacial score (nSPS) is 10.7. The Morgan fingerprint density at radius 1 is 1.00 bits per heavy atom. The molecule has 1 heterocycles. The van der Waals surface area contributed by atoms with Crippen molar-refractivity contribution >= 4 is 49.4 Å². The first-order chi connectivity index (χ1) is 15.7. The number of ether oxygens (including phenoxy) is 1. The van der Waals surface area contributed by atoms with Crippen LogP contribution in [0.2, 0.25) is 0 Å². The number of hydrogen-bond acceptors (Lipinski definition) is 7. The maximum absolute atomic E-state index is 12.7. The number of nitrogens with two attached hydrogens (primary N) is 1. The van der Waals surface area contributed by atoms with Gasteiger partial charge < -0.3 is 20.0 Å². The Labute approximate surface area is 204 Å². The third-order valence-electron chi connectivity index (χ3n) is 4.72. The number of nitrogens with zero attached hydrogens (tertiary/aromatic N) is 1. The number of furan rings is 1. The van der Waals surface area contributed by atoms with E-state index in [1.807, 2.05) is 0 Å². The van der Waals surface area contributed by atoms with Gasteiger partial charge in [0.15, 0.2) is 11.5 Å². The first-order valence-corrected chi connectivity index (χ1v) is 11.0. The largest absolute Gasteiger partial charge is 0.504 e. The maximum Gasteiger partial charge on any atom is 0.343 e. The molecule has 0 unspecified atom stereocenters. The molecule has 0 aliphatic carbocycles. The molecule has 1 aromatic heterocycles. The molecule has 8 nitrogen and oxygen atoms in total.